The fraction of sp³-hybridized carbons (Fsp3) is 0.471. The van der Waals surface area contributed by atoms with Crippen LogP contribution in [-0.4, -0.2) is 48.1 Å². The zero-order chi connectivity index (χ0) is 17.4. The van der Waals surface area contributed by atoms with E-state index in [1.807, 2.05) is 19.9 Å². The van der Waals surface area contributed by atoms with Crippen molar-refractivity contribution in [2.45, 2.75) is 38.9 Å². The van der Waals surface area contributed by atoms with Gasteiger partial charge in [0.15, 0.2) is 6.10 Å². The number of imide groups is 1. The first-order valence-electron chi connectivity index (χ1n) is 8.00. The summed E-state index contributed by atoms with van der Waals surface area (Å²) < 4.78 is 11.0. The third-order valence-corrected chi connectivity index (χ3v) is 4.52. The van der Waals surface area contributed by atoms with E-state index >= 15 is 0 Å². The van der Waals surface area contributed by atoms with Crippen LogP contribution in [0.25, 0.3) is 0 Å². The van der Waals surface area contributed by atoms with Crippen molar-refractivity contribution in [3.8, 4) is 5.75 Å². The molecule has 7 nitrogen and oxygen atoms in total. The van der Waals surface area contributed by atoms with Crippen molar-refractivity contribution < 1.29 is 23.9 Å². The number of nitrogens with zero attached hydrogens (tertiary/aromatic N) is 1. The molecule has 0 saturated carbocycles. The first-order chi connectivity index (χ1) is 11.4. The van der Waals surface area contributed by atoms with Gasteiger partial charge in [-0.1, -0.05) is 19.1 Å². The largest absolute Gasteiger partial charge is 0.489 e. The molecule has 0 radical (unpaired) electrons. The molecule has 0 aliphatic carbocycles. The van der Waals surface area contributed by atoms with Gasteiger partial charge >= 0.3 is 12.0 Å². The molecule has 3 atom stereocenters. The molecule has 1 fully saturated rings. The molecule has 128 valence electrons. The van der Waals surface area contributed by atoms with E-state index in [9.17, 15) is 14.4 Å². The van der Waals surface area contributed by atoms with Crippen molar-refractivity contribution in [2.24, 2.45) is 0 Å². The standard InChI is InChI=1S/C17H20N2O5/c1-9-10(2)23-14-12(9)5-4-6-13(14)16(21)24-11(3)15(20)19-8-7-18-17(19)22/h4-6,9-11H,7-8H2,1-3H3,(H,18,22)/t9-,10+,11+/m1/s1. The normalized spacial score (nSPS) is 23.3. The molecule has 0 bridgehead atoms. The average Bonchev–Trinajstić information content (AvgIpc) is 3.10. The lowest BCUT2D eigenvalue weighted by molar-refractivity contribution is -0.136. The van der Waals surface area contributed by atoms with Gasteiger partial charge in [-0.3, -0.25) is 9.69 Å². The number of hydrogen-bond donors (Lipinski definition) is 1. The van der Waals surface area contributed by atoms with E-state index in [2.05, 4.69) is 5.32 Å². The summed E-state index contributed by atoms with van der Waals surface area (Å²) in [6.45, 7) is 6.11. The molecule has 2 aliphatic heterocycles. The van der Waals surface area contributed by atoms with Gasteiger partial charge in [0.1, 0.15) is 17.4 Å². The van der Waals surface area contributed by atoms with Crippen molar-refractivity contribution in [1.29, 1.82) is 0 Å². The Bertz CT molecular complexity index is 702. The highest BCUT2D eigenvalue weighted by molar-refractivity contribution is 6.00. The zero-order valence-electron chi connectivity index (χ0n) is 13.9. The van der Waals surface area contributed by atoms with Crippen LogP contribution in [-0.2, 0) is 9.53 Å². The Labute approximate surface area is 139 Å². The highest BCUT2D eigenvalue weighted by atomic mass is 16.6. The van der Waals surface area contributed by atoms with Crippen LogP contribution in [0.2, 0.25) is 0 Å². The molecule has 0 unspecified atom stereocenters. The smallest absolute Gasteiger partial charge is 0.342 e. The van der Waals surface area contributed by atoms with Crippen LogP contribution < -0.4 is 10.1 Å². The first-order valence-corrected chi connectivity index (χ1v) is 8.00. The van der Waals surface area contributed by atoms with Crippen LogP contribution in [0.3, 0.4) is 0 Å². The van der Waals surface area contributed by atoms with E-state index in [0.29, 0.717) is 17.9 Å². The highest BCUT2D eigenvalue weighted by Crippen LogP contribution is 2.40. The Morgan fingerprint density at radius 3 is 2.79 bits per heavy atom. The van der Waals surface area contributed by atoms with Crippen molar-refractivity contribution in [3.05, 3.63) is 29.3 Å². The maximum absolute atomic E-state index is 12.5. The van der Waals surface area contributed by atoms with Gasteiger partial charge in [0.05, 0.1) is 0 Å². The third kappa shape index (κ3) is 2.70. The number of rotatable bonds is 3. The summed E-state index contributed by atoms with van der Waals surface area (Å²) in [5.41, 5.74) is 1.25. The van der Waals surface area contributed by atoms with E-state index in [-0.39, 0.29) is 18.6 Å². The highest BCUT2D eigenvalue weighted by Gasteiger charge is 2.34. The van der Waals surface area contributed by atoms with Crippen molar-refractivity contribution in [1.82, 2.24) is 10.2 Å². The second-order valence-electron chi connectivity index (χ2n) is 6.10. The predicted octanol–water partition coefficient (Wildman–Crippen LogP) is 1.67. The molecule has 1 saturated heterocycles. The summed E-state index contributed by atoms with van der Waals surface area (Å²) in [5.74, 6) is -0.469. The second kappa shape index (κ2) is 6.14. The number of hydrogen-bond acceptors (Lipinski definition) is 5. The van der Waals surface area contributed by atoms with Gasteiger partial charge in [0.2, 0.25) is 0 Å². The minimum atomic E-state index is -1.05. The molecule has 2 aliphatic rings. The predicted molar refractivity (Wildman–Crippen MR) is 84.9 cm³/mol. The number of amides is 3. The fourth-order valence-electron chi connectivity index (χ4n) is 2.92. The summed E-state index contributed by atoms with van der Waals surface area (Å²) >= 11 is 0. The molecule has 1 aromatic carbocycles. The molecule has 3 amide bonds. The molecule has 2 heterocycles. The number of carbonyl (C=O) groups excluding carboxylic acids is 3. The number of urea groups is 1. The summed E-state index contributed by atoms with van der Waals surface area (Å²) in [7, 11) is 0. The minimum Gasteiger partial charge on any atom is -0.489 e. The van der Waals surface area contributed by atoms with Gasteiger partial charge < -0.3 is 14.8 Å². The first kappa shape index (κ1) is 16.3. The quantitative estimate of drug-likeness (QED) is 0.851. The van der Waals surface area contributed by atoms with E-state index in [4.69, 9.17) is 9.47 Å². The van der Waals surface area contributed by atoms with E-state index in [0.717, 1.165) is 10.5 Å². The zero-order valence-corrected chi connectivity index (χ0v) is 13.9. The van der Waals surface area contributed by atoms with E-state index in [1.54, 1.807) is 12.1 Å². The van der Waals surface area contributed by atoms with Crippen LogP contribution in [0, 0.1) is 0 Å². The van der Waals surface area contributed by atoms with Crippen molar-refractivity contribution >= 4 is 17.9 Å². The number of ether oxygens (including phenoxy) is 2. The Balaban J connectivity index is 1.74. The molecule has 24 heavy (non-hydrogen) atoms. The van der Waals surface area contributed by atoms with E-state index < -0.39 is 24.0 Å². The Hall–Kier alpha value is -2.57. The summed E-state index contributed by atoms with van der Waals surface area (Å²) in [6.07, 6.45) is -1.07. The number of benzene rings is 1. The molecular formula is C17H20N2O5. The lowest BCUT2D eigenvalue weighted by atomic mass is 9.97. The summed E-state index contributed by atoms with van der Waals surface area (Å²) in [5, 5.41) is 2.54. The number of carbonyl (C=O) groups is 3. The number of esters is 1. The topological polar surface area (TPSA) is 84.9 Å². The SMILES string of the molecule is C[C@H](OC(=O)c1cccc2c1O[C@@H](C)[C@H]2C)C(=O)N1CCNC1=O. The monoisotopic (exact) mass is 332 g/mol. The Morgan fingerprint density at radius 1 is 1.38 bits per heavy atom. The van der Waals surface area contributed by atoms with Crippen molar-refractivity contribution in [2.75, 3.05) is 13.1 Å². The molecule has 0 aromatic heterocycles. The van der Waals surface area contributed by atoms with Crippen LogP contribution in [0.5, 0.6) is 5.75 Å². The van der Waals surface area contributed by atoms with Crippen LogP contribution in [0.1, 0.15) is 42.6 Å². The van der Waals surface area contributed by atoms with Gasteiger partial charge in [-0.15, -0.1) is 0 Å². The van der Waals surface area contributed by atoms with Gasteiger partial charge in [-0.05, 0) is 19.9 Å². The fourth-order valence-corrected chi connectivity index (χ4v) is 2.92. The lowest BCUT2D eigenvalue weighted by Gasteiger charge is -2.18. The summed E-state index contributed by atoms with van der Waals surface area (Å²) in [4.78, 5) is 37.3. The number of nitrogens with one attached hydrogen (secondary N) is 1. The summed E-state index contributed by atoms with van der Waals surface area (Å²) in [6, 6.07) is 4.84. The Kier molecular flexibility index (Phi) is 4.17. The van der Waals surface area contributed by atoms with Gasteiger partial charge in [-0.25, -0.2) is 9.59 Å². The Morgan fingerprint density at radius 2 is 2.12 bits per heavy atom. The van der Waals surface area contributed by atoms with E-state index in [1.165, 1.54) is 6.92 Å². The third-order valence-electron chi connectivity index (χ3n) is 4.52. The van der Waals surface area contributed by atoms with Crippen molar-refractivity contribution in [3.63, 3.8) is 0 Å². The average molecular weight is 332 g/mol. The number of para-hydroxylation sites is 1. The molecule has 7 heteroatoms. The molecule has 1 N–H and O–H groups in total. The second-order valence-corrected chi connectivity index (χ2v) is 6.10. The van der Waals surface area contributed by atoms with Gasteiger partial charge in [0, 0.05) is 24.6 Å². The molecule has 0 spiro atoms. The molecule has 3 rings (SSSR count). The molecule has 1 aromatic rings. The number of fused-ring (bicyclic) bond motifs is 1. The van der Waals surface area contributed by atoms with Gasteiger partial charge in [0.25, 0.3) is 5.91 Å². The van der Waals surface area contributed by atoms with Crippen LogP contribution >= 0.6 is 0 Å². The minimum absolute atomic E-state index is 0.0266. The van der Waals surface area contributed by atoms with Crippen LogP contribution in [0.15, 0.2) is 18.2 Å². The van der Waals surface area contributed by atoms with Crippen LogP contribution in [0.4, 0.5) is 4.79 Å². The lowest BCUT2D eigenvalue weighted by Crippen LogP contribution is -2.41. The maximum Gasteiger partial charge on any atom is 0.342 e. The molecular weight excluding hydrogens is 312 g/mol. The maximum atomic E-state index is 12.5. The van der Waals surface area contributed by atoms with Gasteiger partial charge in [-0.2, -0.15) is 0 Å².